The van der Waals surface area contributed by atoms with Crippen molar-refractivity contribution in [1.29, 1.82) is 0 Å². The third-order valence-electron chi connectivity index (χ3n) is 2.64. The molecule has 0 aliphatic heterocycles. The van der Waals surface area contributed by atoms with Gasteiger partial charge in [-0.3, -0.25) is 0 Å². The summed E-state index contributed by atoms with van der Waals surface area (Å²) in [5, 5.41) is 0. The largest absolute Gasteiger partial charge is 0.494 e. The van der Waals surface area contributed by atoms with Crippen molar-refractivity contribution in [3.8, 4) is 17.2 Å². The number of ether oxygens (including phenoxy) is 2. The minimum absolute atomic E-state index is 0.438. The molecule has 0 fully saturated rings. The van der Waals surface area contributed by atoms with Crippen molar-refractivity contribution in [1.82, 2.24) is 0 Å². The molecule has 0 heterocycles. The van der Waals surface area contributed by atoms with E-state index in [1.807, 2.05) is 48.5 Å². The first-order valence-electron chi connectivity index (χ1n) is 6.38. The average Bonchev–Trinajstić information content (AvgIpc) is 2.47. The van der Waals surface area contributed by atoms with E-state index in [0.29, 0.717) is 5.88 Å². The molecule has 0 unspecified atom stereocenters. The van der Waals surface area contributed by atoms with E-state index >= 15 is 0 Å². The van der Waals surface area contributed by atoms with Gasteiger partial charge < -0.3 is 9.47 Å². The van der Waals surface area contributed by atoms with E-state index in [9.17, 15) is 0 Å². The molecule has 0 aromatic heterocycles. The molecule has 0 atom stereocenters. The smallest absolute Gasteiger partial charge is 0.131 e. The molecule has 2 nitrogen and oxygen atoms in total. The summed E-state index contributed by atoms with van der Waals surface area (Å²) >= 11 is 5.88. The van der Waals surface area contributed by atoms with Crippen molar-refractivity contribution in [2.75, 3.05) is 6.61 Å². The molecule has 2 rings (SSSR count). The maximum Gasteiger partial charge on any atom is 0.131 e. The van der Waals surface area contributed by atoms with E-state index in [0.717, 1.165) is 35.8 Å². The van der Waals surface area contributed by atoms with Crippen LogP contribution in [-0.4, -0.2) is 6.61 Å². The van der Waals surface area contributed by atoms with Crippen LogP contribution in [-0.2, 0) is 5.88 Å². The van der Waals surface area contributed by atoms with Crippen LogP contribution in [0.4, 0.5) is 0 Å². The minimum Gasteiger partial charge on any atom is -0.494 e. The summed E-state index contributed by atoms with van der Waals surface area (Å²) in [4.78, 5) is 0. The lowest BCUT2D eigenvalue weighted by Crippen LogP contribution is -1.94. The van der Waals surface area contributed by atoms with Crippen LogP contribution >= 0.6 is 11.6 Å². The molecule has 2 aromatic rings. The Hall–Kier alpha value is -1.67. The monoisotopic (exact) mass is 276 g/mol. The van der Waals surface area contributed by atoms with Crippen LogP contribution in [0.15, 0.2) is 48.5 Å². The van der Waals surface area contributed by atoms with E-state index in [-0.39, 0.29) is 0 Å². The molecule has 0 amide bonds. The van der Waals surface area contributed by atoms with Gasteiger partial charge in [0.15, 0.2) is 0 Å². The van der Waals surface area contributed by atoms with E-state index in [2.05, 4.69) is 6.92 Å². The van der Waals surface area contributed by atoms with Gasteiger partial charge in [0.1, 0.15) is 17.2 Å². The zero-order chi connectivity index (χ0) is 13.5. The highest BCUT2D eigenvalue weighted by Crippen LogP contribution is 2.27. The van der Waals surface area contributed by atoms with Gasteiger partial charge >= 0.3 is 0 Å². The lowest BCUT2D eigenvalue weighted by Gasteiger charge is -2.10. The summed E-state index contributed by atoms with van der Waals surface area (Å²) in [7, 11) is 0. The second kappa shape index (κ2) is 7.05. The molecule has 2 aromatic carbocycles. The first kappa shape index (κ1) is 13.8. The predicted octanol–water partition coefficient (Wildman–Crippen LogP) is 5.01. The highest BCUT2D eigenvalue weighted by Gasteiger charge is 2.03. The summed E-state index contributed by atoms with van der Waals surface area (Å²) in [6.45, 7) is 2.82. The highest BCUT2D eigenvalue weighted by molar-refractivity contribution is 6.17. The van der Waals surface area contributed by atoms with Crippen LogP contribution in [0.25, 0.3) is 0 Å². The molecule has 0 saturated heterocycles. The molecule has 100 valence electrons. The fraction of sp³-hybridized carbons (Fsp3) is 0.250. The summed E-state index contributed by atoms with van der Waals surface area (Å²) in [5.41, 5.74) is 0.982. The molecule has 0 N–H and O–H groups in total. The van der Waals surface area contributed by atoms with Crippen LogP contribution in [0.3, 0.4) is 0 Å². The fourth-order valence-corrected chi connectivity index (χ4v) is 1.89. The highest BCUT2D eigenvalue weighted by atomic mass is 35.5. The number of para-hydroxylation sites is 1. The predicted molar refractivity (Wildman–Crippen MR) is 78.3 cm³/mol. The Morgan fingerprint density at radius 2 is 1.63 bits per heavy atom. The quantitative estimate of drug-likeness (QED) is 0.691. The third-order valence-corrected chi connectivity index (χ3v) is 2.93. The van der Waals surface area contributed by atoms with Crippen molar-refractivity contribution in [2.24, 2.45) is 0 Å². The van der Waals surface area contributed by atoms with Crippen LogP contribution in [0.1, 0.15) is 18.9 Å². The number of alkyl halides is 1. The topological polar surface area (TPSA) is 18.5 Å². The normalized spacial score (nSPS) is 10.2. The maximum atomic E-state index is 5.88. The lowest BCUT2D eigenvalue weighted by atomic mass is 10.2. The molecular formula is C16H17ClO2. The Morgan fingerprint density at radius 1 is 0.947 bits per heavy atom. The molecule has 19 heavy (non-hydrogen) atoms. The maximum absolute atomic E-state index is 5.88. The van der Waals surface area contributed by atoms with Gasteiger partial charge in [-0.25, -0.2) is 0 Å². The van der Waals surface area contributed by atoms with Crippen LogP contribution in [0, 0.1) is 0 Å². The van der Waals surface area contributed by atoms with E-state index in [1.54, 1.807) is 0 Å². The fourth-order valence-electron chi connectivity index (χ4n) is 1.66. The molecule has 0 aliphatic carbocycles. The van der Waals surface area contributed by atoms with Crippen molar-refractivity contribution >= 4 is 11.6 Å². The number of benzene rings is 2. The number of hydrogen-bond acceptors (Lipinski definition) is 2. The SMILES string of the molecule is CCCOc1ccc(Oc2ccccc2CCl)cc1. The third kappa shape index (κ3) is 3.90. The molecule has 0 bridgehead atoms. The number of hydrogen-bond donors (Lipinski definition) is 0. The summed E-state index contributed by atoms with van der Waals surface area (Å²) in [5.74, 6) is 2.87. The standard InChI is InChI=1S/C16H17ClO2/c1-2-11-18-14-7-9-15(10-8-14)19-16-6-4-3-5-13(16)12-17/h3-10H,2,11-12H2,1H3. The Morgan fingerprint density at radius 3 is 2.32 bits per heavy atom. The van der Waals surface area contributed by atoms with Gasteiger partial charge in [-0.15, -0.1) is 11.6 Å². The zero-order valence-corrected chi connectivity index (χ0v) is 11.7. The van der Waals surface area contributed by atoms with Gasteiger partial charge in [0, 0.05) is 5.56 Å². The van der Waals surface area contributed by atoms with Gasteiger partial charge in [0.2, 0.25) is 0 Å². The molecule has 0 aliphatic rings. The second-order valence-electron chi connectivity index (χ2n) is 4.16. The van der Waals surface area contributed by atoms with Crippen LogP contribution in [0.2, 0.25) is 0 Å². The average molecular weight is 277 g/mol. The summed E-state index contributed by atoms with van der Waals surface area (Å²) in [6, 6.07) is 15.4. The van der Waals surface area contributed by atoms with Gasteiger partial charge in [-0.2, -0.15) is 0 Å². The van der Waals surface area contributed by atoms with Crippen LogP contribution in [0.5, 0.6) is 17.2 Å². The number of rotatable bonds is 6. The molecule has 0 spiro atoms. The Labute approximate surface area is 118 Å². The van der Waals surface area contributed by atoms with Crippen LogP contribution < -0.4 is 9.47 Å². The van der Waals surface area contributed by atoms with Gasteiger partial charge in [0.05, 0.1) is 12.5 Å². The van der Waals surface area contributed by atoms with E-state index in [1.165, 1.54) is 0 Å². The van der Waals surface area contributed by atoms with Crippen molar-refractivity contribution in [3.05, 3.63) is 54.1 Å². The van der Waals surface area contributed by atoms with E-state index in [4.69, 9.17) is 21.1 Å². The van der Waals surface area contributed by atoms with Crippen molar-refractivity contribution in [2.45, 2.75) is 19.2 Å². The summed E-state index contributed by atoms with van der Waals surface area (Å²) in [6.07, 6.45) is 1.00. The molecular weight excluding hydrogens is 260 g/mol. The van der Waals surface area contributed by atoms with Gasteiger partial charge in [0.25, 0.3) is 0 Å². The first-order valence-corrected chi connectivity index (χ1v) is 6.91. The zero-order valence-electron chi connectivity index (χ0n) is 10.9. The second-order valence-corrected chi connectivity index (χ2v) is 4.43. The Kier molecular flexibility index (Phi) is 5.10. The lowest BCUT2D eigenvalue weighted by molar-refractivity contribution is 0.317. The Balaban J connectivity index is 2.06. The molecule has 0 saturated carbocycles. The number of halogens is 1. The van der Waals surface area contributed by atoms with Gasteiger partial charge in [-0.05, 0) is 36.8 Å². The Bertz CT molecular complexity index is 508. The van der Waals surface area contributed by atoms with Gasteiger partial charge in [-0.1, -0.05) is 25.1 Å². The van der Waals surface area contributed by atoms with Crippen molar-refractivity contribution < 1.29 is 9.47 Å². The van der Waals surface area contributed by atoms with E-state index < -0.39 is 0 Å². The molecule has 3 heteroatoms. The summed E-state index contributed by atoms with van der Waals surface area (Å²) < 4.78 is 11.3. The minimum atomic E-state index is 0.438. The van der Waals surface area contributed by atoms with Crippen molar-refractivity contribution in [3.63, 3.8) is 0 Å². The first-order chi connectivity index (χ1) is 9.33. The molecule has 0 radical (unpaired) electrons.